The summed E-state index contributed by atoms with van der Waals surface area (Å²) in [5.74, 6) is 0. The van der Waals surface area contributed by atoms with E-state index in [-0.39, 0.29) is 11.4 Å². The van der Waals surface area contributed by atoms with Gasteiger partial charge in [-0.05, 0) is 43.5 Å². The van der Waals surface area contributed by atoms with Crippen molar-refractivity contribution in [3.05, 3.63) is 41.2 Å². The fourth-order valence-corrected chi connectivity index (χ4v) is 3.90. The van der Waals surface area contributed by atoms with Crippen molar-refractivity contribution in [2.24, 2.45) is 0 Å². The summed E-state index contributed by atoms with van der Waals surface area (Å²) in [4.78, 5) is 0.270. The molecule has 0 spiro atoms. The average Bonchev–Trinajstić information content (AvgIpc) is 2.88. The molecule has 2 rings (SSSR count). The van der Waals surface area contributed by atoms with Gasteiger partial charge >= 0.3 is 0 Å². The molecule has 0 aliphatic carbocycles. The number of nitrogens with one attached hydrogen (secondary N) is 1. The van der Waals surface area contributed by atoms with E-state index in [0.29, 0.717) is 23.4 Å². The molecule has 1 aromatic carbocycles. The highest BCUT2D eigenvalue weighted by atomic mass is 32.2. The number of aryl methyl sites for hydroxylation is 2. The predicted octanol–water partition coefficient (Wildman–Crippen LogP) is 1.37. The Morgan fingerprint density at radius 1 is 1.29 bits per heavy atom. The number of hydrogen-bond donors (Lipinski definition) is 2. The minimum absolute atomic E-state index is 0.270. The number of nitrogens with two attached hydrogens (primary N) is 1. The third-order valence-corrected chi connectivity index (χ3v) is 5.17. The summed E-state index contributed by atoms with van der Waals surface area (Å²) in [6.45, 7) is 6.14. The molecule has 1 aromatic heterocycles. The van der Waals surface area contributed by atoms with Crippen LogP contribution in [0, 0.1) is 20.8 Å². The average molecular weight is 308 g/mol. The van der Waals surface area contributed by atoms with Crippen molar-refractivity contribution in [2.45, 2.75) is 32.2 Å². The molecule has 0 bridgehead atoms. The number of sulfonamides is 1. The lowest BCUT2D eigenvalue weighted by Gasteiger charge is -2.15. The molecule has 0 saturated heterocycles. The van der Waals surface area contributed by atoms with Crippen LogP contribution in [0.25, 0.3) is 0 Å². The van der Waals surface area contributed by atoms with Crippen LogP contribution in [0.2, 0.25) is 0 Å². The number of nitrogens with zero attached hydrogens (tertiary/aromatic N) is 2. The van der Waals surface area contributed by atoms with Crippen LogP contribution in [0.3, 0.4) is 0 Å². The van der Waals surface area contributed by atoms with Crippen LogP contribution in [0.1, 0.15) is 16.7 Å². The molecule has 6 nitrogen and oxygen atoms in total. The zero-order chi connectivity index (χ0) is 15.6. The largest absolute Gasteiger partial charge is 0.398 e. The quantitative estimate of drug-likeness (QED) is 0.816. The van der Waals surface area contributed by atoms with E-state index >= 15 is 0 Å². The lowest BCUT2D eigenvalue weighted by Crippen LogP contribution is -2.29. The first-order valence-electron chi connectivity index (χ1n) is 6.66. The lowest BCUT2D eigenvalue weighted by molar-refractivity contribution is 0.560. The molecule has 2 aromatic rings. The SMILES string of the molecule is Cc1cc(C)c(S(=O)(=O)NCCn2cccn2)c(C)c1N. The summed E-state index contributed by atoms with van der Waals surface area (Å²) in [5.41, 5.74) is 8.65. The van der Waals surface area contributed by atoms with Gasteiger partial charge in [-0.3, -0.25) is 4.68 Å². The molecule has 3 N–H and O–H groups in total. The number of rotatable bonds is 5. The van der Waals surface area contributed by atoms with Gasteiger partial charge in [-0.1, -0.05) is 6.07 Å². The van der Waals surface area contributed by atoms with E-state index in [1.165, 1.54) is 0 Å². The Bertz CT molecular complexity index is 737. The van der Waals surface area contributed by atoms with Gasteiger partial charge in [-0.25, -0.2) is 13.1 Å². The molecule has 0 radical (unpaired) electrons. The van der Waals surface area contributed by atoms with Crippen molar-refractivity contribution in [1.29, 1.82) is 0 Å². The van der Waals surface area contributed by atoms with Gasteiger partial charge in [0.25, 0.3) is 0 Å². The maximum atomic E-state index is 12.5. The second kappa shape index (κ2) is 5.87. The molecule has 1 heterocycles. The molecule has 114 valence electrons. The van der Waals surface area contributed by atoms with Crippen LogP contribution in [0.15, 0.2) is 29.4 Å². The standard InChI is InChI=1S/C14H20N4O2S/c1-10-9-11(2)14(12(3)13(10)15)21(19,20)17-6-8-18-7-4-5-16-18/h4-5,7,9,17H,6,8,15H2,1-3H3. The van der Waals surface area contributed by atoms with Crippen molar-refractivity contribution in [3.8, 4) is 0 Å². The molecule has 0 aliphatic rings. The maximum Gasteiger partial charge on any atom is 0.241 e. The number of hydrogen-bond acceptors (Lipinski definition) is 4. The Balaban J connectivity index is 2.22. The molecule has 7 heteroatoms. The lowest BCUT2D eigenvalue weighted by atomic mass is 10.1. The van der Waals surface area contributed by atoms with Gasteiger partial charge in [-0.15, -0.1) is 0 Å². The third-order valence-electron chi connectivity index (χ3n) is 3.42. The van der Waals surface area contributed by atoms with Crippen molar-refractivity contribution in [3.63, 3.8) is 0 Å². The maximum absolute atomic E-state index is 12.5. The van der Waals surface area contributed by atoms with Crippen molar-refractivity contribution >= 4 is 15.7 Å². The molecule has 0 atom stereocenters. The van der Waals surface area contributed by atoms with Gasteiger partial charge in [0.05, 0.1) is 11.4 Å². The van der Waals surface area contributed by atoms with Crippen molar-refractivity contribution in [2.75, 3.05) is 12.3 Å². The molecular formula is C14H20N4O2S. The van der Waals surface area contributed by atoms with Gasteiger partial charge in [-0.2, -0.15) is 5.10 Å². The summed E-state index contributed by atoms with van der Waals surface area (Å²) < 4.78 is 29.2. The number of aromatic nitrogens is 2. The summed E-state index contributed by atoms with van der Waals surface area (Å²) in [5, 5.41) is 4.03. The van der Waals surface area contributed by atoms with Gasteiger partial charge in [0, 0.05) is 24.6 Å². The Morgan fingerprint density at radius 3 is 2.62 bits per heavy atom. The first-order valence-corrected chi connectivity index (χ1v) is 8.14. The smallest absolute Gasteiger partial charge is 0.241 e. The van der Waals surface area contributed by atoms with Crippen LogP contribution in [-0.4, -0.2) is 24.7 Å². The summed E-state index contributed by atoms with van der Waals surface area (Å²) in [7, 11) is -3.59. The molecular weight excluding hydrogens is 288 g/mol. The Morgan fingerprint density at radius 2 is 2.00 bits per heavy atom. The topological polar surface area (TPSA) is 90.0 Å². The number of nitrogen functional groups attached to an aromatic ring is 1. The molecule has 0 fully saturated rings. The van der Waals surface area contributed by atoms with Crippen LogP contribution < -0.4 is 10.5 Å². The van der Waals surface area contributed by atoms with E-state index in [1.54, 1.807) is 43.1 Å². The summed E-state index contributed by atoms with van der Waals surface area (Å²) in [6.07, 6.45) is 3.44. The van der Waals surface area contributed by atoms with E-state index in [0.717, 1.165) is 5.56 Å². The minimum Gasteiger partial charge on any atom is -0.398 e. The van der Waals surface area contributed by atoms with Crippen LogP contribution in [0.5, 0.6) is 0 Å². The summed E-state index contributed by atoms with van der Waals surface area (Å²) in [6, 6.07) is 3.59. The highest BCUT2D eigenvalue weighted by Gasteiger charge is 2.21. The highest BCUT2D eigenvalue weighted by molar-refractivity contribution is 7.89. The first kappa shape index (κ1) is 15.5. The highest BCUT2D eigenvalue weighted by Crippen LogP contribution is 2.27. The molecule has 0 unspecified atom stereocenters. The van der Waals surface area contributed by atoms with Gasteiger partial charge in [0.15, 0.2) is 0 Å². The van der Waals surface area contributed by atoms with E-state index in [4.69, 9.17) is 5.73 Å². The summed E-state index contributed by atoms with van der Waals surface area (Å²) >= 11 is 0. The normalized spacial score (nSPS) is 11.8. The second-order valence-electron chi connectivity index (χ2n) is 5.05. The first-order chi connectivity index (χ1) is 9.83. The zero-order valence-electron chi connectivity index (χ0n) is 12.4. The fourth-order valence-electron chi connectivity index (χ4n) is 2.39. The molecule has 0 amide bonds. The fraction of sp³-hybridized carbons (Fsp3) is 0.357. The second-order valence-corrected chi connectivity index (χ2v) is 6.75. The van der Waals surface area contributed by atoms with Crippen LogP contribution in [-0.2, 0) is 16.6 Å². The number of benzene rings is 1. The van der Waals surface area contributed by atoms with Crippen molar-refractivity contribution < 1.29 is 8.42 Å². The van der Waals surface area contributed by atoms with E-state index < -0.39 is 10.0 Å². The van der Waals surface area contributed by atoms with Crippen LogP contribution in [0.4, 0.5) is 5.69 Å². The molecule has 21 heavy (non-hydrogen) atoms. The molecule has 0 aliphatic heterocycles. The van der Waals surface area contributed by atoms with E-state index in [9.17, 15) is 8.42 Å². The third kappa shape index (κ3) is 3.25. The van der Waals surface area contributed by atoms with Crippen molar-refractivity contribution in [1.82, 2.24) is 14.5 Å². The predicted molar refractivity (Wildman–Crippen MR) is 82.5 cm³/mol. The van der Waals surface area contributed by atoms with Gasteiger partial charge in [0.1, 0.15) is 0 Å². The van der Waals surface area contributed by atoms with Crippen LogP contribution >= 0.6 is 0 Å². The monoisotopic (exact) mass is 308 g/mol. The Labute approximate surface area is 125 Å². The van der Waals surface area contributed by atoms with Gasteiger partial charge < -0.3 is 5.73 Å². The van der Waals surface area contributed by atoms with E-state index in [2.05, 4.69) is 9.82 Å². The Kier molecular flexibility index (Phi) is 4.34. The minimum atomic E-state index is -3.59. The Hall–Kier alpha value is -1.86. The zero-order valence-corrected chi connectivity index (χ0v) is 13.2. The number of anilines is 1. The van der Waals surface area contributed by atoms with E-state index in [1.807, 2.05) is 6.92 Å². The van der Waals surface area contributed by atoms with Gasteiger partial charge in [0.2, 0.25) is 10.0 Å². The molecule has 0 saturated carbocycles.